The Balaban J connectivity index is 0.00000320. The van der Waals surface area contributed by atoms with Gasteiger partial charge in [-0.25, -0.2) is 8.42 Å². The number of guanidine groups is 1. The number of rotatable bonds is 7. The fourth-order valence-corrected chi connectivity index (χ4v) is 4.95. The molecule has 0 amide bonds. The molecule has 2 fully saturated rings. The monoisotopic (exact) mass is 552 g/mol. The van der Waals surface area contributed by atoms with Crippen LogP contribution in [0.5, 0.6) is 5.75 Å². The van der Waals surface area contributed by atoms with E-state index in [4.69, 9.17) is 9.47 Å². The minimum atomic E-state index is -3.18. The van der Waals surface area contributed by atoms with Crippen molar-refractivity contribution >= 4 is 40.0 Å². The molecule has 0 aliphatic carbocycles. The van der Waals surface area contributed by atoms with Gasteiger partial charge in [-0.2, -0.15) is 4.31 Å². The third-order valence-electron chi connectivity index (χ3n) is 5.33. The number of benzene rings is 1. The zero-order valence-electron chi connectivity index (χ0n) is 17.9. The molecule has 0 radical (unpaired) electrons. The highest BCUT2D eigenvalue weighted by atomic mass is 127. The van der Waals surface area contributed by atoms with Crippen molar-refractivity contribution < 1.29 is 17.9 Å². The van der Waals surface area contributed by atoms with Gasteiger partial charge in [-0.05, 0) is 31.4 Å². The third-order valence-corrected chi connectivity index (χ3v) is 6.66. The van der Waals surface area contributed by atoms with Crippen molar-refractivity contribution in [3.8, 4) is 5.75 Å². The first-order valence-electron chi connectivity index (χ1n) is 10.1. The average Bonchev–Trinajstić information content (AvgIpc) is 3.34. The van der Waals surface area contributed by atoms with E-state index in [1.54, 1.807) is 11.4 Å². The molecule has 0 spiro atoms. The Hall–Kier alpha value is -1.11. The van der Waals surface area contributed by atoms with Crippen LogP contribution in [0, 0.1) is 6.92 Å². The molecule has 10 heteroatoms. The molecule has 3 rings (SSSR count). The van der Waals surface area contributed by atoms with E-state index in [9.17, 15) is 8.42 Å². The van der Waals surface area contributed by atoms with Gasteiger partial charge in [0.2, 0.25) is 10.0 Å². The average molecular weight is 552 g/mol. The lowest BCUT2D eigenvalue weighted by molar-refractivity contribution is 0.140. The number of aliphatic imine (C=N–C) groups is 1. The van der Waals surface area contributed by atoms with Gasteiger partial charge in [0.25, 0.3) is 0 Å². The molecular formula is C20H33IN4O4S. The predicted molar refractivity (Wildman–Crippen MR) is 129 cm³/mol. The summed E-state index contributed by atoms with van der Waals surface area (Å²) in [6.07, 6.45) is 4.02. The predicted octanol–water partition coefficient (Wildman–Crippen LogP) is 1.87. The molecule has 1 unspecified atom stereocenters. The van der Waals surface area contributed by atoms with Gasteiger partial charge >= 0.3 is 0 Å². The molecule has 0 bridgehead atoms. The Kier molecular flexibility index (Phi) is 9.64. The largest absolute Gasteiger partial charge is 0.488 e. The van der Waals surface area contributed by atoms with E-state index in [0.717, 1.165) is 42.7 Å². The van der Waals surface area contributed by atoms with Gasteiger partial charge in [-0.1, -0.05) is 12.1 Å². The van der Waals surface area contributed by atoms with Crippen LogP contribution in [0.3, 0.4) is 0 Å². The molecular weight excluding hydrogens is 519 g/mol. The quantitative estimate of drug-likeness (QED) is 0.305. The van der Waals surface area contributed by atoms with Crippen LogP contribution in [0.25, 0.3) is 0 Å². The summed E-state index contributed by atoms with van der Waals surface area (Å²) in [6, 6.07) is 6.13. The molecule has 8 nitrogen and oxygen atoms in total. The van der Waals surface area contributed by atoms with Crippen molar-refractivity contribution in [3.63, 3.8) is 0 Å². The van der Waals surface area contributed by atoms with Gasteiger partial charge in [0, 0.05) is 44.7 Å². The molecule has 170 valence electrons. The summed E-state index contributed by atoms with van der Waals surface area (Å²) in [4.78, 5) is 4.27. The van der Waals surface area contributed by atoms with Gasteiger partial charge in [0.1, 0.15) is 11.9 Å². The normalized spacial score (nSPS) is 22.6. The van der Waals surface area contributed by atoms with Crippen molar-refractivity contribution in [2.45, 2.75) is 44.9 Å². The Morgan fingerprint density at radius 1 is 1.33 bits per heavy atom. The van der Waals surface area contributed by atoms with Crippen LogP contribution >= 0.6 is 24.0 Å². The van der Waals surface area contributed by atoms with Crippen molar-refractivity contribution in [2.24, 2.45) is 4.99 Å². The van der Waals surface area contributed by atoms with Crippen LogP contribution < -0.4 is 15.4 Å². The van der Waals surface area contributed by atoms with Crippen LogP contribution in [0.1, 0.15) is 30.4 Å². The smallest absolute Gasteiger partial charge is 0.211 e. The maximum absolute atomic E-state index is 11.9. The Morgan fingerprint density at radius 2 is 2.13 bits per heavy atom. The summed E-state index contributed by atoms with van der Waals surface area (Å²) in [5, 5.41) is 6.57. The molecule has 30 heavy (non-hydrogen) atoms. The summed E-state index contributed by atoms with van der Waals surface area (Å²) in [7, 11) is -1.47. The SMILES string of the molecule is CN=C(NCc1ccc(C)cc1OC1CCOC1)NC[C@H]1CCCN1S(C)(=O)=O.I. The lowest BCUT2D eigenvalue weighted by Gasteiger charge is -2.23. The summed E-state index contributed by atoms with van der Waals surface area (Å²) >= 11 is 0. The van der Waals surface area contributed by atoms with Gasteiger partial charge in [-0.3, -0.25) is 4.99 Å². The minimum Gasteiger partial charge on any atom is -0.488 e. The molecule has 0 aromatic heterocycles. The number of hydrogen-bond donors (Lipinski definition) is 2. The highest BCUT2D eigenvalue weighted by Gasteiger charge is 2.31. The van der Waals surface area contributed by atoms with Crippen molar-refractivity contribution in [3.05, 3.63) is 29.3 Å². The Bertz CT molecular complexity index is 828. The second-order valence-electron chi connectivity index (χ2n) is 7.69. The molecule has 1 aromatic rings. The number of hydrogen-bond acceptors (Lipinski definition) is 5. The van der Waals surface area contributed by atoms with Crippen molar-refractivity contribution in [2.75, 3.05) is 39.6 Å². The van der Waals surface area contributed by atoms with Gasteiger partial charge in [-0.15, -0.1) is 24.0 Å². The highest BCUT2D eigenvalue weighted by Crippen LogP contribution is 2.24. The van der Waals surface area contributed by atoms with Crippen LogP contribution in [-0.2, 0) is 21.3 Å². The first-order chi connectivity index (χ1) is 13.9. The molecule has 1 aromatic carbocycles. The number of ether oxygens (including phenoxy) is 2. The fourth-order valence-electron chi connectivity index (χ4n) is 3.77. The van der Waals surface area contributed by atoms with E-state index < -0.39 is 10.0 Å². The first kappa shape index (κ1) is 25.2. The van der Waals surface area contributed by atoms with Gasteiger partial charge < -0.3 is 20.1 Å². The molecule has 2 aliphatic heterocycles. The van der Waals surface area contributed by atoms with E-state index >= 15 is 0 Å². The molecule has 2 atom stereocenters. The number of halogens is 1. The van der Waals surface area contributed by atoms with E-state index in [1.165, 1.54) is 6.26 Å². The minimum absolute atomic E-state index is 0. The lowest BCUT2D eigenvalue weighted by atomic mass is 10.1. The van der Waals surface area contributed by atoms with Crippen molar-refractivity contribution in [1.29, 1.82) is 0 Å². The highest BCUT2D eigenvalue weighted by molar-refractivity contribution is 14.0. The number of aryl methyl sites for hydroxylation is 1. The second kappa shape index (κ2) is 11.5. The van der Waals surface area contributed by atoms with Gasteiger partial charge in [0.05, 0.1) is 19.5 Å². The standard InChI is InChI=1S/C20H32N4O4S.HI/c1-15-6-7-16(19(11-15)28-18-8-10-27-14-18)12-22-20(21-2)23-13-17-5-4-9-24(17)29(3,25)26;/h6-7,11,17-18H,4-5,8-10,12-14H2,1-3H3,(H2,21,22,23);1H/t17-,18?;/m1./s1. The maximum atomic E-state index is 11.9. The number of nitrogens with zero attached hydrogens (tertiary/aromatic N) is 2. The Morgan fingerprint density at radius 3 is 2.80 bits per heavy atom. The van der Waals surface area contributed by atoms with Crippen LogP contribution in [-0.4, -0.2) is 70.4 Å². The summed E-state index contributed by atoms with van der Waals surface area (Å²) < 4.78 is 36.9. The summed E-state index contributed by atoms with van der Waals surface area (Å²) in [5.41, 5.74) is 2.19. The van der Waals surface area contributed by atoms with Crippen LogP contribution in [0.15, 0.2) is 23.2 Å². The second-order valence-corrected chi connectivity index (χ2v) is 9.63. The number of sulfonamides is 1. The first-order valence-corrected chi connectivity index (χ1v) is 12.0. The van der Waals surface area contributed by atoms with Crippen molar-refractivity contribution in [1.82, 2.24) is 14.9 Å². The molecule has 2 N–H and O–H groups in total. The van der Waals surface area contributed by atoms with Crippen LogP contribution in [0.2, 0.25) is 0 Å². The van der Waals surface area contributed by atoms with E-state index in [2.05, 4.69) is 27.8 Å². The lowest BCUT2D eigenvalue weighted by Crippen LogP contribution is -2.46. The van der Waals surface area contributed by atoms with E-state index in [0.29, 0.717) is 32.2 Å². The summed E-state index contributed by atoms with van der Waals surface area (Å²) in [5.74, 6) is 1.50. The van der Waals surface area contributed by atoms with Crippen LogP contribution in [0.4, 0.5) is 0 Å². The maximum Gasteiger partial charge on any atom is 0.211 e. The van der Waals surface area contributed by atoms with Gasteiger partial charge in [0.15, 0.2) is 5.96 Å². The fraction of sp³-hybridized carbons (Fsp3) is 0.650. The van der Waals surface area contributed by atoms with E-state index in [-0.39, 0.29) is 36.1 Å². The number of nitrogens with one attached hydrogen (secondary N) is 2. The molecule has 2 heterocycles. The molecule has 0 saturated carbocycles. The molecule has 2 aliphatic rings. The van der Waals surface area contributed by atoms with E-state index in [1.807, 2.05) is 13.0 Å². The summed E-state index contributed by atoms with van der Waals surface area (Å²) in [6.45, 7) is 5.10. The zero-order valence-corrected chi connectivity index (χ0v) is 21.0. The topological polar surface area (TPSA) is 92.3 Å². The molecule has 2 saturated heterocycles. The third kappa shape index (κ3) is 6.96. The Labute approximate surface area is 196 Å². The zero-order chi connectivity index (χ0) is 20.9.